The van der Waals surface area contributed by atoms with Crippen LogP contribution in [-0.4, -0.2) is 17.9 Å². The molecule has 30 heavy (non-hydrogen) atoms. The molecule has 0 saturated carbocycles. The zero-order valence-corrected chi connectivity index (χ0v) is 16.9. The minimum Gasteiger partial charge on any atom is -0.496 e. The highest BCUT2D eigenvalue weighted by Crippen LogP contribution is 2.26. The Labute approximate surface area is 173 Å². The van der Waals surface area contributed by atoms with Gasteiger partial charge in [-0.2, -0.15) is 0 Å². The van der Waals surface area contributed by atoms with E-state index in [-0.39, 0.29) is 29.5 Å². The molecule has 0 fully saturated rings. The van der Waals surface area contributed by atoms with Crippen molar-refractivity contribution in [2.24, 2.45) is 0 Å². The number of nitrogens with one attached hydrogen (secondary N) is 1. The Bertz CT molecular complexity index is 1040. The van der Waals surface area contributed by atoms with Crippen LogP contribution in [0.3, 0.4) is 0 Å². The number of nitro groups is 1. The van der Waals surface area contributed by atoms with Gasteiger partial charge in [-0.3, -0.25) is 14.9 Å². The number of nitrogens with zero attached hydrogens (tertiary/aromatic N) is 1. The van der Waals surface area contributed by atoms with Crippen LogP contribution in [0.2, 0.25) is 0 Å². The summed E-state index contributed by atoms with van der Waals surface area (Å²) in [6, 6.07) is 15.0. The van der Waals surface area contributed by atoms with Gasteiger partial charge in [0.1, 0.15) is 23.9 Å². The average Bonchev–Trinajstić information content (AvgIpc) is 3.21. The van der Waals surface area contributed by atoms with E-state index in [1.807, 2.05) is 24.3 Å². The largest absolute Gasteiger partial charge is 0.496 e. The van der Waals surface area contributed by atoms with Gasteiger partial charge in [0.25, 0.3) is 11.6 Å². The Kier molecular flexibility index (Phi) is 6.36. The molecule has 0 radical (unpaired) electrons. The number of nitro benzene ring substituents is 1. The Morgan fingerprint density at radius 2 is 1.83 bits per heavy atom. The highest BCUT2D eigenvalue weighted by Gasteiger charge is 2.16. The highest BCUT2D eigenvalue weighted by molar-refractivity contribution is 6.02. The molecule has 0 bridgehead atoms. The summed E-state index contributed by atoms with van der Waals surface area (Å²) in [6.45, 7) is 4.41. The van der Waals surface area contributed by atoms with E-state index in [2.05, 4.69) is 19.2 Å². The summed E-state index contributed by atoms with van der Waals surface area (Å²) in [4.78, 5) is 22.9. The molecule has 0 spiro atoms. The average molecular weight is 410 g/mol. The highest BCUT2D eigenvalue weighted by atomic mass is 16.6. The zero-order valence-electron chi connectivity index (χ0n) is 16.9. The second kappa shape index (κ2) is 9.13. The number of rotatable bonds is 8. The number of carbonyl (C=O) groups excluding carboxylic acids is 1. The fourth-order valence-corrected chi connectivity index (χ4v) is 2.75. The second-order valence-corrected chi connectivity index (χ2v) is 6.91. The lowest BCUT2D eigenvalue weighted by Gasteiger charge is -2.08. The molecule has 0 saturated heterocycles. The monoisotopic (exact) mass is 410 g/mol. The first-order valence-corrected chi connectivity index (χ1v) is 9.32. The van der Waals surface area contributed by atoms with Crippen molar-refractivity contribution in [1.82, 2.24) is 0 Å². The summed E-state index contributed by atoms with van der Waals surface area (Å²) in [5.41, 5.74) is 1.25. The zero-order chi connectivity index (χ0) is 21.7. The van der Waals surface area contributed by atoms with Crippen molar-refractivity contribution in [2.45, 2.75) is 26.4 Å². The number of hydrogen-bond acceptors (Lipinski definition) is 6. The molecule has 0 aliphatic rings. The van der Waals surface area contributed by atoms with Crippen molar-refractivity contribution in [2.75, 3.05) is 12.4 Å². The van der Waals surface area contributed by atoms with Gasteiger partial charge in [-0.1, -0.05) is 26.0 Å². The number of methoxy groups -OCH3 is 1. The van der Waals surface area contributed by atoms with Crippen LogP contribution in [0.4, 0.5) is 11.4 Å². The van der Waals surface area contributed by atoms with Crippen molar-refractivity contribution in [3.63, 3.8) is 0 Å². The molecule has 0 atom stereocenters. The molecule has 3 aromatic rings. The molecule has 8 heteroatoms. The van der Waals surface area contributed by atoms with Crippen molar-refractivity contribution < 1.29 is 23.6 Å². The third-order valence-corrected chi connectivity index (χ3v) is 4.41. The summed E-state index contributed by atoms with van der Waals surface area (Å²) in [5, 5.41) is 13.6. The lowest BCUT2D eigenvalue weighted by Crippen LogP contribution is -2.11. The van der Waals surface area contributed by atoms with E-state index in [1.54, 1.807) is 6.07 Å². The minimum absolute atomic E-state index is 0.0641. The molecule has 3 rings (SSSR count). The molecule has 156 valence electrons. The van der Waals surface area contributed by atoms with E-state index in [4.69, 9.17) is 13.9 Å². The van der Waals surface area contributed by atoms with Gasteiger partial charge < -0.3 is 19.2 Å². The first kappa shape index (κ1) is 20.9. The Hall–Kier alpha value is -3.81. The van der Waals surface area contributed by atoms with Crippen LogP contribution in [0.25, 0.3) is 0 Å². The fourth-order valence-electron chi connectivity index (χ4n) is 2.75. The number of amides is 1. The Morgan fingerprint density at radius 1 is 1.10 bits per heavy atom. The van der Waals surface area contributed by atoms with E-state index < -0.39 is 10.8 Å². The van der Waals surface area contributed by atoms with Crippen LogP contribution in [0.1, 0.15) is 41.6 Å². The number of anilines is 1. The van der Waals surface area contributed by atoms with Gasteiger partial charge >= 0.3 is 0 Å². The topological polar surface area (TPSA) is 104 Å². The van der Waals surface area contributed by atoms with E-state index in [9.17, 15) is 14.9 Å². The summed E-state index contributed by atoms with van der Waals surface area (Å²) in [6.07, 6.45) is 0. The lowest BCUT2D eigenvalue weighted by molar-refractivity contribution is -0.384. The summed E-state index contributed by atoms with van der Waals surface area (Å²) in [5.74, 6) is 1.40. The maximum absolute atomic E-state index is 12.4. The third-order valence-electron chi connectivity index (χ3n) is 4.41. The van der Waals surface area contributed by atoms with Crippen LogP contribution in [0, 0.1) is 10.1 Å². The molecule has 1 amide bonds. The molecule has 0 unspecified atom stereocenters. The lowest BCUT2D eigenvalue weighted by atomic mass is 10.0. The standard InChI is InChI=1S/C22H22N2O6/c1-14(2)15-4-6-18(7-5-15)29-13-19-8-9-21(30-19)22(25)23-16-10-17(24(26)27)12-20(11-16)28-3/h4-12,14H,13H2,1-3H3,(H,23,25). The molecule has 0 aliphatic carbocycles. The maximum Gasteiger partial charge on any atom is 0.291 e. The second-order valence-electron chi connectivity index (χ2n) is 6.91. The van der Waals surface area contributed by atoms with Crippen LogP contribution >= 0.6 is 0 Å². The van der Waals surface area contributed by atoms with Crippen molar-refractivity contribution >= 4 is 17.3 Å². The maximum atomic E-state index is 12.4. The quantitative estimate of drug-likeness (QED) is 0.407. The fraction of sp³-hybridized carbons (Fsp3) is 0.227. The molecule has 0 aliphatic heterocycles. The van der Waals surface area contributed by atoms with Gasteiger partial charge in [0.2, 0.25) is 0 Å². The van der Waals surface area contributed by atoms with E-state index in [0.717, 1.165) is 0 Å². The van der Waals surface area contributed by atoms with Crippen molar-refractivity contribution in [3.05, 3.63) is 81.8 Å². The number of ether oxygens (including phenoxy) is 2. The summed E-state index contributed by atoms with van der Waals surface area (Å²) >= 11 is 0. The van der Waals surface area contributed by atoms with E-state index in [0.29, 0.717) is 17.4 Å². The predicted molar refractivity (Wildman–Crippen MR) is 111 cm³/mol. The first-order valence-electron chi connectivity index (χ1n) is 9.32. The number of hydrogen-bond donors (Lipinski definition) is 1. The Balaban J connectivity index is 1.63. The van der Waals surface area contributed by atoms with Crippen LogP contribution in [0.5, 0.6) is 11.5 Å². The van der Waals surface area contributed by atoms with Crippen LogP contribution < -0.4 is 14.8 Å². The smallest absolute Gasteiger partial charge is 0.291 e. The van der Waals surface area contributed by atoms with Gasteiger partial charge in [0.05, 0.1) is 23.8 Å². The molecule has 1 N–H and O–H groups in total. The third kappa shape index (κ3) is 5.16. The summed E-state index contributed by atoms with van der Waals surface area (Å²) < 4.78 is 16.3. The van der Waals surface area contributed by atoms with Crippen LogP contribution in [0.15, 0.2) is 59.0 Å². The molecule has 1 aromatic heterocycles. The van der Waals surface area contributed by atoms with Gasteiger partial charge in [-0.05, 0) is 35.7 Å². The summed E-state index contributed by atoms with van der Waals surface area (Å²) in [7, 11) is 1.39. The van der Waals surface area contributed by atoms with Gasteiger partial charge in [-0.15, -0.1) is 0 Å². The number of carbonyl (C=O) groups is 1. The SMILES string of the molecule is COc1cc(NC(=O)c2ccc(COc3ccc(C(C)C)cc3)o2)cc([N+](=O)[O-])c1. The number of furan rings is 1. The molecule has 2 aromatic carbocycles. The van der Waals surface area contributed by atoms with Crippen molar-refractivity contribution in [3.8, 4) is 11.5 Å². The van der Waals surface area contributed by atoms with Crippen LogP contribution in [-0.2, 0) is 6.61 Å². The molecular formula is C22H22N2O6. The van der Waals surface area contributed by atoms with Crippen molar-refractivity contribution in [1.29, 1.82) is 0 Å². The molecule has 8 nitrogen and oxygen atoms in total. The van der Waals surface area contributed by atoms with Gasteiger partial charge in [0.15, 0.2) is 5.76 Å². The number of benzene rings is 2. The van der Waals surface area contributed by atoms with E-state index in [1.165, 1.54) is 36.9 Å². The van der Waals surface area contributed by atoms with E-state index >= 15 is 0 Å². The minimum atomic E-state index is -0.561. The van der Waals surface area contributed by atoms with Gasteiger partial charge in [-0.25, -0.2) is 0 Å². The number of non-ortho nitro benzene ring substituents is 1. The molecule has 1 heterocycles. The normalized spacial score (nSPS) is 10.7. The predicted octanol–water partition coefficient (Wildman–Crippen LogP) is 5.15. The molecular weight excluding hydrogens is 388 g/mol. The first-order chi connectivity index (χ1) is 14.4. The van der Waals surface area contributed by atoms with Gasteiger partial charge in [0, 0.05) is 12.1 Å². The Morgan fingerprint density at radius 3 is 2.47 bits per heavy atom.